The summed E-state index contributed by atoms with van der Waals surface area (Å²) in [5.74, 6) is -0.939. The van der Waals surface area contributed by atoms with Gasteiger partial charge in [-0.1, -0.05) is 12.1 Å². The highest BCUT2D eigenvalue weighted by Gasteiger charge is 2.27. The van der Waals surface area contributed by atoms with Gasteiger partial charge in [0.05, 0.1) is 10.2 Å². The molecule has 1 saturated carbocycles. The summed E-state index contributed by atoms with van der Waals surface area (Å²) in [6, 6.07) is 11.7. The van der Waals surface area contributed by atoms with Crippen molar-refractivity contribution in [3.8, 4) is 0 Å². The van der Waals surface area contributed by atoms with Crippen LogP contribution in [0.2, 0.25) is 0 Å². The lowest BCUT2D eigenvalue weighted by molar-refractivity contribution is -0.137. The van der Waals surface area contributed by atoms with E-state index in [9.17, 15) is 19.2 Å². The Balaban J connectivity index is 1.33. The maximum atomic E-state index is 13.4. The summed E-state index contributed by atoms with van der Waals surface area (Å²) < 4.78 is 2.78. The molecule has 1 aliphatic carbocycles. The van der Waals surface area contributed by atoms with Crippen LogP contribution in [0.4, 0.5) is 5.69 Å². The van der Waals surface area contributed by atoms with Crippen LogP contribution < -0.4 is 15.5 Å². The highest BCUT2D eigenvalue weighted by atomic mass is 32.1. The van der Waals surface area contributed by atoms with Crippen molar-refractivity contribution in [2.45, 2.75) is 58.9 Å². The third kappa shape index (κ3) is 7.29. The molecule has 1 fully saturated rings. The second-order valence-corrected chi connectivity index (χ2v) is 11.4. The van der Waals surface area contributed by atoms with Crippen LogP contribution in [0.1, 0.15) is 61.5 Å². The fraction of sp³-hybridized carbons (Fsp3) is 0.467. The van der Waals surface area contributed by atoms with Crippen molar-refractivity contribution in [2.75, 3.05) is 24.5 Å². The largest absolute Gasteiger partial charge is 0.481 e. The minimum absolute atomic E-state index is 0.0118. The molecule has 214 valence electrons. The number of fused-ring (bicyclic) bond motifs is 1. The SMILES string of the molecule is CCN(C(=O)Cn1c(C(=O)NCC2CCC(C(=O)NCCCC(=O)O)CC2)cc2sccc21)c1cccc(C)c1. The summed E-state index contributed by atoms with van der Waals surface area (Å²) in [6.07, 6.45) is 3.64. The number of carboxylic acids is 1. The first kappa shape index (κ1) is 29.3. The van der Waals surface area contributed by atoms with Gasteiger partial charge in [-0.15, -0.1) is 11.3 Å². The van der Waals surface area contributed by atoms with Gasteiger partial charge in [0.15, 0.2) is 0 Å². The maximum absolute atomic E-state index is 13.4. The summed E-state index contributed by atoms with van der Waals surface area (Å²) in [6.45, 7) is 5.43. The normalized spacial score (nSPS) is 16.9. The standard InChI is InChI=1S/C30H38N4O5S/c1-3-33(23-7-4-6-20(2)16-23)27(35)19-34-24-13-15-40-26(24)17-25(34)30(39)32-18-21-9-11-22(12-10-21)29(38)31-14-5-8-28(36)37/h4,6-7,13,15-17,21-22H,3,5,8-12,14,18-19H2,1-2H3,(H,31,38)(H,32,39)(H,36,37). The number of benzene rings is 1. The number of hydrogen-bond acceptors (Lipinski definition) is 5. The van der Waals surface area contributed by atoms with Crippen molar-refractivity contribution in [3.05, 3.63) is 53.0 Å². The van der Waals surface area contributed by atoms with Gasteiger partial charge in [-0.25, -0.2) is 0 Å². The number of rotatable bonds is 12. The molecule has 2 aromatic heterocycles. The maximum Gasteiger partial charge on any atom is 0.303 e. The monoisotopic (exact) mass is 566 g/mol. The van der Waals surface area contributed by atoms with Gasteiger partial charge in [-0.3, -0.25) is 19.2 Å². The number of nitrogens with zero attached hydrogens (tertiary/aromatic N) is 2. The van der Waals surface area contributed by atoms with Gasteiger partial charge in [-0.05, 0) is 87.1 Å². The predicted molar refractivity (Wildman–Crippen MR) is 157 cm³/mol. The van der Waals surface area contributed by atoms with Crippen LogP contribution in [-0.2, 0) is 20.9 Å². The van der Waals surface area contributed by atoms with E-state index < -0.39 is 5.97 Å². The molecular weight excluding hydrogens is 528 g/mol. The van der Waals surface area contributed by atoms with Gasteiger partial charge < -0.3 is 25.2 Å². The zero-order valence-corrected chi connectivity index (χ0v) is 24.0. The number of carbonyl (C=O) groups excluding carboxylic acids is 3. The summed E-state index contributed by atoms with van der Waals surface area (Å²) in [5, 5.41) is 16.6. The summed E-state index contributed by atoms with van der Waals surface area (Å²) in [5.41, 5.74) is 3.27. The molecule has 2 heterocycles. The molecule has 3 aromatic rings. The molecule has 4 rings (SSSR count). The Kier molecular flexibility index (Phi) is 9.98. The summed E-state index contributed by atoms with van der Waals surface area (Å²) >= 11 is 1.54. The first-order valence-electron chi connectivity index (χ1n) is 14.0. The number of hydrogen-bond donors (Lipinski definition) is 3. The molecule has 0 aliphatic heterocycles. The zero-order valence-electron chi connectivity index (χ0n) is 23.2. The van der Waals surface area contributed by atoms with E-state index in [-0.39, 0.29) is 42.5 Å². The van der Waals surface area contributed by atoms with Crippen LogP contribution in [0.5, 0.6) is 0 Å². The third-order valence-corrected chi connectivity index (χ3v) is 8.47. The highest BCUT2D eigenvalue weighted by Crippen LogP contribution is 2.29. The van der Waals surface area contributed by atoms with Gasteiger partial charge >= 0.3 is 5.97 Å². The van der Waals surface area contributed by atoms with Gasteiger partial charge in [0.1, 0.15) is 12.2 Å². The van der Waals surface area contributed by atoms with E-state index >= 15 is 0 Å². The smallest absolute Gasteiger partial charge is 0.303 e. The van der Waals surface area contributed by atoms with E-state index in [0.29, 0.717) is 31.7 Å². The molecule has 0 saturated heterocycles. The van der Waals surface area contributed by atoms with E-state index in [1.165, 1.54) is 0 Å². The van der Waals surface area contributed by atoms with E-state index in [4.69, 9.17) is 5.11 Å². The predicted octanol–water partition coefficient (Wildman–Crippen LogP) is 4.58. The molecule has 3 N–H and O–H groups in total. The quantitative estimate of drug-likeness (QED) is 0.277. The van der Waals surface area contributed by atoms with Crippen molar-refractivity contribution >= 4 is 50.9 Å². The number of nitrogens with one attached hydrogen (secondary N) is 2. The number of aromatic nitrogens is 1. The Hall–Kier alpha value is -3.66. The molecule has 0 spiro atoms. The van der Waals surface area contributed by atoms with Crippen LogP contribution in [0.25, 0.3) is 10.2 Å². The Morgan fingerprint density at radius 1 is 1.07 bits per heavy atom. The van der Waals surface area contributed by atoms with Crippen molar-refractivity contribution in [1.82, 2.24) is 15.2 Å². The second kappa shape index (κ2) is 13.6. The lowest BCUT2D eigenvalue weighted by Gasteiger charge is -2.28. The van der Waals surface area contributed by atoms with Gasteiger partial charge in [0.25, 0.3) is 5.91 Å². The average molecular weight is 567 g/mol. The second-order valence-electron chi connectivity index (χ2n) is 10.5. The molecule has 0 bridgehead atoms. The third-order valence-electron chi connectivity index (χ3n) is 7.61. The molecule has 10 heteroatoms. The van der Waals surface area contributed by atoms with Crippen LogP contribution in [0.3, 0.4) is 0 Å². The Morgan fingerprint density at radius 2 is 1.85 bits per heavy atom. The minimum Gasteiger partial charge on any atom is -0.481 e. The summed E-state index contributed by atoms with van der Waals surface area (Å²) in [4.78, 5) is 51.5. The number of anilines is 1. The van der Waals surface area contributed by atoms with Crippen molar-refractivity contribution in [1.29, 1.82) is 0 Å². The lowest BCUT2D eigenvalue weighted by atomic mass is 9.81. The van der Waals surface area contributed by atoms with Crippen molar-refractivity contribution in [2.24, 2.45) is 11.8 Å². The van der Waals surface area contributed by atoms with Crippen molar-refractivity contribution in [3.63, 3.8) is 0 Å². The molecule has 40 heavy (non-hydrogen) atoms. The number of aliphatic carboxylic acids is 1. The number of aryl methyl sites for hydroxylation is 1. The molecule has 0 radical (unpaired) electrons. The van der Waals surface area contributed by atoms with Crippen LogP contribution in [0.15, 0.2) is 41.8 Å². The lowest BCUT2D eigenvalue weighted by Crippen LogP contribution is -2.37. The number of likely N-dealkylation sites (N-methyl/N-ethyl adjacent to an activating group) is 1. The number of amides is 3. The molecule has 9 nitrogen and oxygen atoms in total. The molecule has 1 aromatic carbocycles. The van der Waals surface area contributed by atoms with Gasteiger partial charge in [0.2, 0.25) is 11.8 Å². The van der Waals surface area contributed by atoms with Crippen LogP contribution in [0, 0.1) is 18.8 Å². The van der Waals surface area contributed by atoms with Crippen molar-refractivity contribution < 1.29 is 24.3 Å². The number of carboxylic acid groups (broad SMARTS) is 1. The minimum atomic E-state index is -0.860. The fourth-order valence-corrected chi connectivity index (χ4v) is 6.23. The van der Waals surface area contributed by atoms with Gasteiger partial charge in [0, 0.05) is 37.7 Å². The zero-order chi connectivity index (χ0) is 28.6. The van der Waals surface area contributed by atoms with E-state index in [2.05, 4.69) is 10.6 Å². The molecular formula is C30H38N4O5S. The topological polar surface area (TPSA) is 121 Å². The first-order valence-corrected chi connectivity index (χ1v) is 14.9. The fourth-order valence-electron chi connectivity index (χ4n) is 5.41. The number of carbonyl (C=O) groups is 4. The van der Waals surface area contributed by atoms with E-state index in [0.717, 1.165) is 47.2 Å². The van der Waals surface area contributed by atoms with E-state index in [1.54, 1.807) is 16.2 Å². The number of thiophene rings is 1. The van der Waals surface area contributed by atoms with E-state index in [1.807, 2.05) is 60.2 Å². The Bertz CT molecular complexity index is 1360. The Labute approximate surface area is 238 Å². The summed E-state index contributed by atoms with van der Waals surface area (Å²) in [7, 11) is 0. The average Bonchev–Trinajstić information content (AvgIpc) is 3.53. The molecule has 0 atom stereocenters. The molecule has 0 unspecified atom stereocenters. The van der Waals surface area contributed by atoms with Crippen LogP contribution >= 0.6 is 11.3 Å². The Morgan fingerprint density at radius 3 is 2.55 bits per heavy atom. The van der Waals surface area contributed by atoms with Gasteiger partial charge in [-0.2, -0.15) is 0 Å². The molecule has 1 aliphatic rings. The van der Waals surface area contributed by atoms with Crippen LogP contribution in [-0.4, -0.2) is 53.0 Å². The highest BCUT2D eigenvalue weighted by molar-refractivity contribution is 7.17. The molecule has 3 amide bonds. The first-order chi connectivity index (χ1) is 19.3.